The molecule has 0 bridgehead atoms. The summed E-state index contributed by atoms with van der Waals surface area (Å²) < 4.78 is 5.22. The van der Waals surface area contributed by atoms with Gasteiger partial charge in [-0.2, -0.15) is 0 Å². The number of nitrogens with zero attached hydrogens (tertiary/aromatic N) is 2. The summed E-state index contributed by atoms with van der Waals surface area (Å²) in [5.41, 5.74) is -0.515. The van der Waals surface area contributed by atoms with Crippen LogP contribution in [0, 0.1) is 0 Å². The number of likely N-dealkylation sites (tertiary alicyclic amines) is 1. The van der Waals surface area contributed by atoms with Crippen molar-refractivity contribution in [1.82, 2.24) is 9.80 Å². The van der Waals surface area contributed by atoms with Gasteiger partial charge in [0.2, 0.25) is 5.91 Å². The summed E-state index contributed by atoms with van der Waals surface area (Å²) in [7, 11) is 3.38. The molecular weight excluding hydrogens is 208 g/mol. The Balaban J connectivity index is 2.56. The number of carbonyl (C=O) groups is 2. The van der Waals surface area contributed by atoms with Gasteiger partial charge in [0.05, 0.1) is 0 Å². The first kappa shape index (κ1) is 12.8. The molecule has 2 amide bonds. The third kappa shape index (κ3) is 2.87. The van der Waals surface area contributed by atoms with Crippen LogP contribution in [0.3, 0.4) is 0 Å². The van der Waals surface area contributed by atoms with Crippen LogP contribution >= 0.6 is 0 Å². The number of amides is 2. The quantitative estimate of drug-likeness (QED) is 0.675. The molecular formula is C11H20N2O3. The molecule has 0 aliphatic carbocycles. The third-order valence-electron chi connectivity index (χ3n) is 2.37. The van der Waals surface area contributed by atoms with E-state index in [0.717, 1.165) is 6.42 Å². The predicted molar refractivity (Wildman–Crippen MR) is 60.0 cm³/mol. The Bertz CT molecular complexity index is 294. The highest BCUT2D eigenvalue weighted by atomic mass is 16.6. The zero-order chi connectivity index (χ0) is 12.5. The van der Waals surface area contributed by atoms with Crippen LogP contribution in [-0.4, -0.2) is 54.1 Å². The van der Waals surface area contributed by atoms with Crippen LogP contribution in [0.25, 0.3) is 0 Å². The molecule has 1 aliphatic rings. The standard InChI is InChI=1S/C11H20N2O3/c1-11(2,3)16-10(15)13-7-6-8(13)9(14)12(4)5/h8H,6-7H2,1-5H3/t8-/m1/s1. The average Bonchev–Trinajstić information content (AvgIpc) is 1.97. The van der Waals surface area contributed by atoms with Gasteiger partial charge in [0.25, 0.3) is 0 Å². The van der Waals surface area contributed by atoms with Gasteiger partial charge in [-0.15, -0.1) is 0 Å². The fourth-order valence-electron chi connectivity index (χ4n) is 1.48. The van der Waals surface area contributed by atoms with E-state index < -0.39 is 11.7 Å². The largest absolute Gasteiger partial charge is 0.444 e. The van der Waals surface area contributed by atoms with Gasteiger partial charge in [0.15, 0.2) is 0 Å². The smallest absolute Gasteiger partial charge is 0.410 e. The first-order chi connectivity index (χ1) is 7.22. The lowest BCUT2D eigenvalue weighted by Gasteiger charge is -2.41. The lowest BCUT2D eigenvalue weighted by molar-refractivity contribution is -0.138. The number of rotatable bonds is 1. The molecule has 92 valence electrons. The van der Waals surface area contributed by atoms with E-state index in [4.69, 9.17) is 4.74 Å². The highest BCUT2D eigenvalue weighted by molar-refractivity contribution is 5.87. The second kappa shape index (κ2) is 4.31. The Kier molecular flexibility index (Phi) is 3.45. The summed E-state index contributed by atoms with van der Waals surface area (Å²) in [6, 6.07) is -0.343. The van der Waals surface area contributed by atoms with Crippen molar-refractivity contribution in [3.63, 3.8) is 0 Å². The van der Waals surface area contributed by atoms with Crippen molar-refractivity contribution >= 4 is 12.0 Å². The van der Waals surface area contributed by atoms with Crippen LogP contribution in [0.2, 0.25) is 0 Å². The highest BCUT2D eigenvalue weighted by Gasteiger charge is 2.40. The maximum absolute atomic E-state index is 11.7. The molecule has 1 saturated heterocycles. The van der Waals surface area contributed by atoms with Crippen molar-refractivity contribution in [1.29, 1.82) is 0 Å². The van der Waals surface area contributed by atoms with E-state index in [1.807, 2.05) is 20.8 Å². The molecule has 0 N–H and O–H groups in total. The van der Waals surface area contributed by atoms with Crippen LogP contribution in [-0.2, 0) is 9.53 Å². The van der Waals surface area contributed by atoms with Crippen molar-refractivity contribution in [3.05, 3.63) is 0 Å². The normalized spacial score (nSPS) is 20.1. The van der Waals surface area contributed by atoms with Crippen molar-refractivity contribution in [2.24, 2.45) is 0 Å². The number of hydrogen-bond acceptors (Lipinski definition) is 3. The topological polar surface area (TPSA) is 49.9 Å². The Labute approximate surface area is 96.3 Å². The van der Waals surface area contributed by atoms with Gasteiger partial charge < -0.3 is 9.64 Å². The van der Waals surface area contributed by atoms with Gasteiger partial charge >= 0.3 is 6.09 Å². The molecule has 5 heteroatoms. The molecule has 1 fully saturated rings. The maximum Gasteiger partial charge on any atom is 0.410 e. The van der Waals surface area contributed by atoms with Crippen LogP contribution in [0.4, 0.5) is 4.79 Å². The van der Waals surface area contributed by atoms with E-state index in [-0.39, 0.29) is 11.9 Å². The van der Waals surface area contributed by atoms with Crippen LogP contribution in [0.5, 0.6) is 0 Å². The van der Waals surface area contributed by atoms with E-state index in [1.54, 1.807) is 14.1 Å². The summed E-state index contributed by atoms with van der Waals surface area (Å²) in [4.78, 5) is 26.4. The lowest BCUT2D eigenvalue weighted by Crippen LogP contribution is -2.58. The van der Waals surface area contributed by atoms with Crippen molar-refractivity contribution < 1.29 is 14.3 Å². The first-order valence-electron chi connectivity index (χ1n) is 5.43. The van der Waals surface area contributed by atoms with Gasteiger partial charge in [-0.1, -0.05) is 0 Å². The van der Waals surface area contributed by atoms with Gasteiger partial charge in [-0.05, 0) is 27.2 Å². The van der Waals surface area contributed by atoms with E-state index in [1.165, 1.54) is 9.80 Å². The van der Waals surface area contributed by atoms with Crippen LogP contribution < -0.4 is 0 Å². The monoisotopic (exact) mass is 228 g/mol. The van der Waals surface area contributed by atoms with Crippen LogP contribution in [0.15, 0.2) is 0 Å². The Morgan fingerprint density at radius 2 is 1.88 bits per heavy atom. The fourth-order valence-corrected chi connectivity index (χ4v) is 1.48. The van der Waals surface area contributed by atoms with E-state index >= 15 is 0 Å². The summed E-state index contributed by atoms with van der Waals surface area (Å²) in [5.74, 6) is -0.0443. The molecule has 0 unspecified atom stereocenters. The predicted octanol–water partition coefficient (Wildman–Crippen LogP) is 1.08. The van der Waals surface area contributed by atoms with Crippen molar-refractivity contribution in [2.45, 2.75) is 38.8 Å². The molecule has 0 radical (unpaired) electrons. The minimum atomic E-state index is -0.515. The minimum absolute atomic E-state index is 0.0443. The Morgan fingerprint density at radius 1 is 1.31 bits per heavy atom. The van der Waals surface area contributed by atoms with Crippen LogP contribution in [0.1, 0.15) is 27.2 Å². The summed E-state index contributed by atoms with van der Waals surface area (Å²) in [6.45, 7) is 6.04. The second-order valence-corrected chi connectivity index (χ2v) is 5.21. The minimum Gasteiger partial charge on any atom is -0.444 e. The zero-order valence-corrected chi connectivity index (χ0v) is 10.6. The molecule has 0 spiro atoms. The molecule has 0 aromatic rings. The van der Waals surface area contributed by atoms with E-state index in [9.17, 15) is 9.59 Å². The molecule has 1 atom stereocenters. The molecule has 0 saturated carbocycles. The van der Waals surface area contributed by atoms with Gasteiger partial charge in [0.1, 0.15) is 11.6 Å². The molecule has 0 aromatic carbocycles. The highest BCUT2D eigenvalue weighted by Crippen LogP contribution is 2.22. The Morgan fingerprint density at radius 3 is 2.19 bits per heavy atom. The molecule has 1 aliphatic heterocycles. The van der Waals surface area contributed by atoms with Gasteiger partial charge in [-0.25, -0.2) is 4.79 Å². The number of ether oxygens (including phenoxy) is 1. The number of carbonyl (C=O) groups excluding carboxylic acids is 2. The molecule has 1 rings (SSSR count). The van der Waals surface area contributed by atoms with Gasteiger partial charge in [-0.3, -0.25) is 9.69 Å². The molecule has 1 heterocycles. The van der Waals surface area contributed by atoms with Crippen molar-refractivity contribution in [2.75, 3.05) is 20.6 Å². The average molecular weight is 228 g/mol. The van der Waals surface area contributed by atoms with Gasteiger partial charge in [0, 0.05) is 20.6 Å². The second-order valence-electron chi connectivity index (χ2n) is 5.21. The molecule has 0 aromatic heterocycles. The SMILES string of the molecule is CN(C)C(=O)[C@H]1CCN1C(=O)OC(C)(C)C. The Hall–Kier alpha value is -1.26. The van der Waals surface area contributed by atoms with E-state index in [2.05, 4.69) is 0 Å². The zero-order valence-electron chi connectivity index (χ0n) is 10.6. The summed E-state index contributed by atoms with van der Waals surface area (Å²) in [5, 5.41) is 0. The molecule has 5 nitrogen and oxygen atoms in total. The number of likely N-dealkylation sites (N-methyl/N-ethyl adjacent to an activating group) is 1. The third-order valence-corrected chi connectivity index (χ3v) is 2.37. The fraction of sp³-hybridized carbons (Fsp3) is 0.818. The number of hydrogen-bond donors (Lipinski definition) is 0. The summed E-state index contributed by atoms with van der Waals surface area (Å²) in [6.07, 6.45) is 0.315. The first-order valence-corrected chi connectivity index (χ1v) is 5.43. The summed E-state index contributed by atoms with van der Waals surface area (Å²) >= 11 is 0. The van der Waals surface area contributed by atoms with E-state index in [0.29, 0.717) is 6.54 Å². The lowest BCUT2D eigenvalue weighted by atomic mass is 10.0. The molecule has 16 heavy (non-hydrogen) atoms. The van der Waals surface area contributed by atoms with Crippen molar-refractivity contribution in [3.8, 4) is 0 Å². The maximum atomic E-state index is 11.7.